The van der Waals surface area contributed by atoms with Gasteiger partial charge in [0, 0.05) is 36.6 Å². The summed E-state index contributed by atoms with van der Waals surface area (Å²) in [5, 5.41) is 9.59. The summed E-state index contributed by atoms with van der Waals surface area (Å²) in [4.78, 5) is 2.30. The van der Waals surface area contributed by atoms with Crippen LogP contribution >= 0.6 is 0 Å². The second kappa shape index (κ2) is 6.50. The number of benzene rings is 1. The molecule has 5 nitrogen and oxygen atoms in total. The van der Waals surface area contributed by atoms with Crippen LogP contribution in [0.2, 0.25) is 0 Å². The molecule has 0 N–H and O–H groups in total. The van der Waals surface area contributed by atoms with Gasteiger partial charge in [-0.25, -0.2) is 0 Å². The summed E-state index contributed by atoms with van der Waals surface area (Å²) in [7, 11) is 0. The van der Waals surface area contributed by atoms with Gasteiger partial charge in [-0.05, 0) is 24.7 Å². The number of pyridine rings is 1. The maximum Gasteiger partial charge on any atom is 0.231 e. The molecule has 1 aliphatic heterocycles. The van der Waals surface area contributed by atoms with Crippen molar-refractivity contribution in [3.05, 3.63) is 65.5 Å². The molecule has 3 heterocycles. The monoisotopic (exact) mass is 333 g/mol. The summed E-state index contributed by atoms with van der Waals surface area (Å²) in [5.41, 5.74) is 3.85. The quantitative estimate of drug-likeness (QED) is 0.716. The predicted molar refractivity (Wildman–Crippen MR) is 94.5 cm³/mol. The smallest absolute Gasteiger partial charge is 0.231 e. The van der Waals surface area contributed by atoms with Gasteiger partial charge in [0.15, 0.2) is 11.5 Å². The Bertz CT molecular complexity index is 955. The third kappa shape index (κ3) is 2.81. The van der Waals surface area contributed by atoms with Crippen molar-refractivity contribution in [1.29, 1.82) is 5.26 Å². The molecule has 4 rings (SSSR count). The van der Waals surface area contributed by atoms with Gasteiger partial charge in [-0.2, -0.15) is 5.26 Å². The largest absolute Gasteiger partial charge is 0.454 e. The summed E-state index contributed by atoms with van der Waals surface area (Å²) < 4.78 is 13.1. The molecule has 1 aliphatic rings. The van der Waals surface area contributed by atoms with Crippen LogP contribution in [-0.2, 0) is 13.1 Å². The highest BCUT2D eigenvalue weighted by Gasteiger charge is 2.20. The maximum absolute atomic E-state index is 9.59. The zero-order valence-corrected chi connectivity index (χ0v) is 14.1. The van der Waals surface area contributed by atoms with E-state index in [2.05, 4.69) is 24.0 Å². The molecule has 3 aromatic rings. The first-order valence-electron chi connectivity index (χ1n) is 8.38. The van der Waals surface area contributed by atoms with Crippen LogP contribution in [0, 0.1) is 11.3 Å². The van der Waals surface area contributed by atoms with Crippen molar-refractivity contribution in [1.82, 2.24) is 9.30 Å². The molecule has 0 atom stereocenters. The third-order valence-corrected chi connectivity index (χ3v) is 4.59. The minimum absolute atomic E-state index is 0.280. The van der Waals surface area contributed by atoms with Crippen LogP contribution in [-0.4, -0.2) is 22.6 Å². The molecule has 0 fully saturated rings. The first-order valence-corrected chi connectivity index (χ1v) is 8.38. The van der Waals surface area contributed by atoms with E-state index in [-0.39, 0.29) is 6.79 Å². The highest BCUT2D eigenvalue weighted by atomic mass is 16.7. The van der Waals surface area contributed by atoms with Gasteiger partial charge in [0.25, 0.3) is 0 Å². The lowest BCUT2D eigenvalue weighted by Crippen LogP contribution is -2.22. The molecule has 2 aromatic heterocycles. The zero-order chi connectivity index (χ0) is 17.2. The molecule has 0 unspecified atom stereocenters. The fraction of sp³-hybridized carbons (Fsp3) is 0.250. The van der Waals surface area contributed by atoms with E-state index in [1.807, 2.05) is 47.1 Å². The standard InChI is InChI=1S/C20H19N3O2/c1-2-22(11-15-6-5-8-19-20(15)25-14-24-19)12-16-13-23-9-4-3-7-18(23)17(16)10-21/h3-9,13H,2,11-12,14H2,1H3. The molecule has 0 aliphatic carbocycles. The van der Waals surface area contributed by atoms with Crippen molar-refractivity contribution in [2.24, 2.45) is 0 Å². The van der Waals surface area contributed by atoms with E-state index in [1.54, 1.807) is 0 Å². The lowest BCUT2D eigenvalue weighted by molar-refractivity contribution is 0.171. The molecule has 0 radical (unpaired) electrons. The number of para-hydroxylation sites is 1. The Labute approximate surface area is 146 Å². The van der Waals surface area contributed by atoms with Crippen LogP contribution in [0.3, 0.4) is 0 Å². The van der Waals surface area contributed by atoms with E-state index in [4.69, 9.17) is 9.47 Å². The molecule has 0 bridgehead atoms. The van der Waals surface area contributed by atoms with E-state index in [0.717, 1.165) is 46.8 Å². The summed E-state index contributed by atoms with van der Waals surface area (Å²) >= 11 is 0. The van der Waals surface area contributed by atoms with E-state index < -0.39 is 0 Å². The van der Waals surface area contributed by atoms with Crippen molar-refractivity contribution in [3.63, 3.8) is 0 Å². The average Bonchev–Trinajstić information content (AvgIpc) is 3.25. The number of hydrogen-bond donors (Lipinski definition) is 0. The lowest BCUT2D eigenvalue weighted by Gasteiger charge is -2.21. The first-order chi connectivity index (χ1) is 12.3. The van der Waals surface area contributed by atoms with Crippen molar-refractivity contribution >= 4 is 5.52 Å². The second-order valence-corrected chi connectivity index (χ2v) is 6.09. The lowest BCUT2D eigenvalue weighted by atomic mass is 10.1. The van der Waals surface area contributed by atoms with E-state index >= 15 is 0 Å². The number of rotatable bonds is 5. The van der Waals surface area contributed by atoms with Crippen LogP contribution in [0.5, 0.6) is 11.5 Å². The first kappa shape index (κ1) is 15.6. The molecule has 5 heteroatoms. The van der Waals surface area contributed by atoms with Crippen molar-refractivity contribution in [3.8, 4) is 17.6 Å². The minimum Gasteiger partial charge on any atom is -0.454 e. The van der Waals surface area contributed by atoms with Crippen LogP contribution in [0.1, 0.15) is 23.6 Å². The molecule has 0 saturated heterocycles. The number of nitriles is 1. The van der Waals surface area contributed by atoms with Gasteiger partial charge in [-0.15, -0.1) is 0 Å². The van der Waals surface area contributed by atoms with Gasteiger partial charge in [-0.1, -0.05) is 25.1 Å². The number of nitrogens with zero attached hydrogens (tertiary/aromatic N) is 3. The number of aromatic nitrogens is 1. The molecule has 0 amide bonds. The van der Waals surface area contributed by atoms with Crippen LogP contribution in [0.4, 0.5) is 0 Å². The summed E-state index contributed by atoms with van der Waals surface area (Å²) in [5.74, 6) is 1.64. The Hall–Kier alpha value is -2.97. The normalized spacial score (nSPS) is 12.7. The van der Waals surface area contributed by atoms with Crippen molar-refractivity contribution in [2.45, 2.75) is 20.0 Å². The highest BCUT2D eigenvalue weighted by Crippen LogP contribution is 2.36. The maximum atomic E-state index is 9.59. The zero-order valence-electron chi connectivity index (χ0n) is 14.1. The fourth-order valence-corrected chi connectivity index (χ4v) is 3.30. The van der Waals surface area contributed by atoms with E-state index in [1.165, 1.54) is 0 Å². The molecule has 1 aromatic carbocycles. The fourth-order valence-electron chi connectivity index (χ4n) is 3.30. The van der Waals surface area contributed by atoms with E-state index in [9.17, 15) is 5.26 Å². The predicted octanol–water partition coefficient (Wildman–Crippen LogP) is 3.56. The summed E-state index contributed by atoms with van der Waals surface area (Å²) in [6, 6.07) is 14.3. The van der Waals surface area contributed by atoms with Crippen LogP contribution in [0.15, 0.2) is 48.8 Å². The van der Waals surface area contributed by atoms with Crippen LogP contribution in [0.25, 0.3) is 5.52 Å². The van der Waals surface area contributed by atoms with Crippen molar-refractivity contribution in [2.75, 3.05) is 13.3 Å². The topological polar surface area (TPSA) is 49.9 Å². The van der Waals surface area contributed by atoms with E-state index in [0.29, 0.717) is 6.54 Å². The van der Waals surface area contributed by atoms with Crippen LogP contribution < -0.4 is 9.47 Å². The Kier molecular flexibility index (Phi) is 4.04. The van der Waals surface area contributed by atoms with Crippen molar-refractivity contribution < 1.29 is 9.47 Å². The summed E-state index contributed by atoms with van der Waals surface area (Å²) in [6.45, 7) is 4.75. The van der Waals surface area contributed by atoms with Gasteiger partial charge in [-0.3, -0.25) is 4.90 Å². The Morgan fingerprint density at radius 2 is 2.00 bits per heavy atom. The van der Waals surface area contributed by atoms with Gasteiger partial charge in [0.2, 0.25) is 6.79 Å². The van der Waals surface area contributed by atoms with Gasteiger partial charge in [0.1, 0.15) is 6.07 Å². The minimum atomic E-state index is 0.280. The average molecular weight is 333 g/mol. The molecule has 0 spiro atoms. The third-order valence-electron chi connectivity index (χ3n) is 4.59. The molecule has 126 valence electrons. The molecule has 0 saturated carbocycles. The molecular weight excluding hydrogens is 314 g/mol. The Morgan fingerprint density at radius 3 is 2.84 bits per heavy atom. The number of fused-ring (bicyclic) bond motifs is 2. The Balaban J connectivity index is 1.61. The molecular formula is C20H19N3O2. The Morgan fingerprint density at radius 1 is 1.12 bits per heavy atom. The SMILES string of the molecule is CCN(Cc1cccc2c1OCO2)Cc1cn2ccccc2c1C#N. The molecule has 25 heavy (non-hydrogen) atoms. The second-order valence-electron chi connectivity index (χ2n) is 6.09. The van der Waals surface area contributed by atoms with Gasteiger partial charge in [0.05, 0.1) is 11.1 Å². The number of ether oxygens (including phenoxy) is 2. The number of hydrogen-bond acceptors (Lipinski definition) is 4. The van der Waals surface area contributed by atoms with Gasteiger partial charge >= 0.3 is 0 Å². The summed E-state index contributed by atoms with van der Waals surface area (Å²) in [6.07, 6.45) is 4.02. The van der Waals surface area contributed by atoms with Gasteiger partial charge < -0.3 is 13.9 Å². The highest BCUT2D eigenvalue weighted by molar-refractivity contribution is 5.65.